The van der Waals surface area contributed by atoms with E-state index >= 15 is 0 Å². The molecule has 1 aromatic rings. The first-order chi connectivity index (χ1) is 8.35. The van der Waals surface area contributed by atoms with Crippen molar-refractivity contribution in [3.05, 3.63) is 11.9 Å². The van der Waals surface area contributed by atoms with Crippen molar-refractivity contribution < 1.29 is 0 Å². The molecule has 3 N–H and O–H groups in total. The number of nitrogens with two attached hydrogens (primary N) is 1. The van der Waals surface area contributed by atoms with Gasteiger partial charge in [0.05, 0.1) is 0 Å². The van der Waals surface area contributed by atoms with Gasteiger partial charge in [-0.2, -0.15) is 0 Å². The van der Waals surface area contributed by atoms with Crippen LogP contribution in [0.15, 0.2) is 6.07 Å². The minimum Gasteiger partial charge on any atom is -0.359 e. The van der Waals surface area contributed by atoms with E-state index in [0.29, 0.717) is 5.82 Å². The Morgan fingerprint density at radius 3 is 2.50 bits per heavy atom. The third-order valence-corrected chi connectivity index (χ3v) is 2.48. The van der Waals surface area contributed by atoms with Gasteiger partial charge in [0.2, 0.25) is 0 Å². The summed E-state index contributed by atoms with van der Waals surface area (Å²) < 4.78 is 0. The predicted molar refractivity (Wildman–Crippen MR) is 76.6 cm³/mol. The fraction of sp³-hybridized carbons (Fsp3) is 0.692. The molecule has 0 amide bonds. The molecule has 1 rings (SSSR count). The molecular weight excluding hydrogens is 226 g/mol. The van der Waals surface area contributed by atoms with E-state index in [1.807, 2.05) is 13.1 Å². The van der Waals surface area contributed by atoms with E-state index < -0.39 is 0 Å². The summed E-state index contributed by atoms with van der Waals surface area (Å²) in [6, 6.07) is 1.88. The van der Waals surface area contributed by atoms with Crippen LogP contribution >= 0.6 is 0 Å². The highest BCUT2D eigenvalue weighted by Gasteiger charge is 2.16. The van der Waals surface area contributed by atoms with Crippen molar-refractivity contribution in [1.82, 2.24) is 9.97 Å². The average Bonchev–Trinajstić information content (AvgIpc) is 2.26. The van der Waals surface area contributed by atoms with Gasteiger partial charge in [-0.25, -0.2) is 15.8 Å². The van der Waals surface area contributed by atoms with Crippen molar-refractivity contribution in [1.29, 1.82) is 0 Å². The minimum absolute atomic E-state index is 0.223. The number of anilines is 2. The van der Waals surface area contributed by atoms with Gasteiger partial charge in [-0.3, -0.25) is 0 Å². The molecule has 1 aromatic heterocycles. The maximum absolute atomic E-state index is 5.45. The summed E-state index contributed by atoms with van der Waals surface area (Å²) in [6.07, 6.45) is 1.89. The highest BCUT2D eigenvalue weighted by atomic mass is 15.3. The monoisotopic (exact) mass is 251 g/mol. The molecular formula is C13H25N5. The smallest absolute Gasteiger partial charge is 0.145 e. The molecule has 18 heavy (non-hydrogen) atoms. The summed E-state index contributed by atoms with van der Waals surface area (Å²) >= 11 is 0. The summed E-state index contributed by atoms with van der Waals surface area (Å²) in [5, 5.41) is 0. The molecule has 0 unspecified atom stereocenters. The first kappa shape index (κ1) is 14.7. The van der Waals surface area contributed by atoms with Gasteiger partial charge < -0.3 is 10.3 Å². The van der Waals surface area contributed by atoms with Crippen LogP contribution in [-0.4, -0.2) is 23.6 Å². The van der Waals surface area contributed by atoms with E-state index in [4.69, 9.17) is 5.84 Å². The molecule has 0 aliphatic carbocycles. The second kappa shape index (κ2) is 6.00. The summed E-state index contributed by atoms with van der Waals surface area (Å²) in [4.78, 5) is 11.1. The number of nitrogens with zero attached hydrogens (tertiary/aromatic N) is 3. The number of aryl methyl sites for hydroxylation is 1. The molecule has 0 fully saturated rings. The third-order valence-electron chi connectivity index (χ3n) is 2.48. The van der Waals surface area contributed by atoms with Crippen molar-refractivity contribution in [2.24, 2.45) is 11.3 Å². The Labute approximate surface area is 110 Å². The van der Waals surface area contributed by atoms with Crippen LogP contribution in [-0.2, 0) is 6.42 Å². The molecule has 5 nitrogen and oxygen atoms in total. The normalized spacial score (nSPS) is 11.4. The van der Waals surface area contributed by atoms with Crippen LogP contribution < -0.4 is 16.2 Å². The van der Waals surface area contributed by atoms with Crippen molar-refractivity contribution in [2.45, 2.75) is 40.5 Å². The Balaban J connectivity index is 2.96. The zero-order chi connectivity index (χ0) is 13.8. The molecule has 0 aromatic carbocycles. The summed E-state index contributed by atoms with van der Waals surface area (Å²) in [7, 11) is 2.05. The molecule has 5 heteroatoms. The fourth-order valence-electron chi connectivity index (χ4n) is 1.88. The van der Waals surface area contributed by atoms with Crippen LogP contribution in [0.3, 0.4) is 0 Å². The zero-order valence-electron chi connectivity index (χ0n) is 12.1. The maximum atomic E-state index is 5.45. The Kier molecular flexibility index (Phi) is 4.90. The lowest BCUT2D eigenvalue weighted by atomic mass is 9.96. The number of hydrogen-bond acceptors (Lipinski definition) is 5. The molecule has 102 valence electrons. The number of hydrazine groups is 1. The van der Waals surface area contributed by atoms with Crippen molar-refractivity contribution in [3.63, 3.8) is 0 Å². The van der Waals surface area contributed by atoms with Crippen LogP contribution in [0.25, 0.3) is 0 Å². The topological polar surface area (TPSA) is 67.1 Å². The number of nitrogens with one attached hydrogen (secondary N) is 1. The molecule has 0 saturated carbocycles. The number of aromatic nitrogens is 2. The fourth-order valence-corrected chi connectivity index (χ4v) is 1.88. The second-order valence-corrected chi connectivity index (χ2v) is 5.84. The summed E-state index contributed by atoms with van der Waals surface area (Å²) in [5.74, 6) is 7.87. The largest absolute Gasteiger partial charge is 0.359 e. The van der Waals surface area contributed by atoms with Gasteiger partial charge in [-0.1, -0.05) is 27.7 Å². The molecule has 0 spiro atoms. The van der Waals surface area contributed by atoms with Gasteiger partial charge in [0.15, 0.2) is 0 Å². The van der Waals surface area contributed by atoms with Gasteiger partial charge in [-0.05, 0) is 11.8 Å². The number of nitrogen functional groups attached to an aromatic ring is 1. The van der Waals surface area contributed by atoms with E-state index in [-0.39, 0.29) is 5.41 Å². The standard InChI is InChI=1S/C13H25N5/c1-6-7-10-15-11(17-14)8-12(16-10)18(5)9-13(2,3)4/h8H,6-7,9,14H2,1-5H3,(H,15,16,17). The maximum Gasteiger partial charge on any atom is 0.145 e. The first-order valence-corrected chi connectivity index (χ1v) is 6.41. The Hall–Kier alpha value is -1.36. The lowest BCUT2D eigenvalue weighted by Gasteiger charge is -2.27. The van der Waals surface area contributed by atoms with Crippen molar-refractivity contribution in [3.8, 4) is 0 Å². The third kappa shape index (κ3) is 4.49. The average molecular weight is 251 g/mol. The van der Waals surface area contributed by atoms with E-state index in [2.05, 4.69) is 48.0 Å². The highest BCUT2D eigenvalue weighted by molar-refractivity contribution is 5.48. The summed E-state index contributed by atoms with van der Waals surface area (Å²) in [6.45, 7) is 9.67. The van der Waals surface area contributed by atoms with Crippen LogP contribution in [0.4, 0.5) is 11.6 Å². The first-order valence-electron chi connectivity index (χ1n) is 6.41. The van der Waals surface area contributed by atoms with E-state index in [0.717, 1.165) is 31.0 Å². The van der Waals surface area contributed by atoms with Gasteiger partial charge in [0, 0.05) is 26.1 Å². The Morgan fingerprint density at radius 2 is 2.00 bits per heavy atom. The molecule has 0 aliphatic heterocycles. The molecule has 0 saturated heterocycles. The molecule has 0 atom stereocenters. The van der Waals surface area contributed by atoms with Gasteiger partial charge in [0.1, 0.15) is 17.5 Å². The lowest BCUT2D eigenvalue weighted by molar-refractivity contribution is 0.417. The van der Waals surface area contributed by atoms with E-state index in [1.54, 1.807) is 0 Å². The molecule has 0 aliphatic rings. The number of hydrogen-bond donors (Lipinski definition) is 2. The predicted octanol–water partition coefficient (Wildman–Crippen LogP) is 2.20. The summed E-state index contributed by atoms with van der Waals surface area (Å²) in [5.41, 5.74) is 2.83. The van der Waals surface area contributed by atoms with Crippen LogP contribution in [0, 0.1) is 5.41 Å². The van der Waals surface area contributed by atoms with Gasteiger partial charge in [-0.15, -0.1) is 0 Å². The quantitative estimate of drug-likeness (QED) is 0.620. The highest BCUT2D eigenvalue weighted by Crippen LogP contribution is 2.20. The van der Waals surface area contributed by atoms with Gasteiger partial charge in [0.25, 0.3) is 0 Å². The number of rotatable bonds is 5. The Morgan fingerprint density at radius 1 is 1.33 bits per heavy atom. The second-order valence-electron chi connectivity index (χ2n) is 5.84. The van der Waals surface area contributed by atoms with Crippen molar-refractivity contribution in [2.75, 3.05) is 23.9 Å². The van der Waals surface area contributed by atoms with Crippen molar-refractivity contribution >= 4 is 11.6 Å². The van der Waals surface area contributed by atoms with Gasteiger partial charge >= 0.3 is 0 Å². The zero-order valence-corrected chi connectivity index (χ0v) is 12.1. The van der Waals surface area contributed by atoms with E-state index in [1.165, 1.54) is 0 Å². The Bertz CT molecular complexity index is 383. The van der Waals surface area contributed by atoms with Crippen LogP contribution in [0.1, 0.15) is 39.9 Å². The van der Waals surface area contributed by atoms with Crippen LogP contribution in [0.2, 0.25) is 0 Å². The van der Waals surface area contributed by atoms with E-state index in [9.17, 15) is 0 Å². The molecule has 0 radical (unpaired) electrons. The molecule has 1 heterocycles. The minimum atomic E-state index is 0.223. The van der Waals surface area contributed by atoms with Crippen LogP contribution in [0.5, 0.6) is 0 Å². The SMILES string of the molecule is CCCc1nc(NN)cc(N(C)CC(C)(C)C)n1. The lowest BCUT2D eigenvalue weighted by Crippen LogP contribution is -2.30. The molecule has 0 bridgehead atoms.